The van der Waals surface area contributed by atoms with Crippen LogP contribution in [0.25, 0.3) is 0 Å². The van der Waals surface area contributed by atoms with Crippen molar-refractivity contribution in [1.82, 2.24) is 4.98 Å². The van der Waals surface area contributed by atoms with Gasteiger partial charge in [0.05, 0.1) is 0 Å². The number of rotatable bonds is 3. The molecule has 1 aliphatic rings. The third kappa shape index (κ3) is 1.94. The lowest BCUT2D eigenvalue weighted by molar-refractivity contribution is 0.0975. The monoisotopic (exact) mass is 175 g/mol. The minimum Gasteiger partial charge on any atom is -0.294 e. The van der Waals surface area contributed by atoms with Gasteiger partial charge in [0.2, 0.25) is 0 Å². The zero-order chi connectivity index (χ0) is 9.26. The smallest absolute Gasteiger partial charge is 0.164 e. The molecule has 2 heteroatoms. The zero-order valence-corrected chi connectivity index (χ0v) is 7.79. The van der Waals surface area contributed by atoms with Gasteiger partial charge in [-0.2, -0.15) is 0 Å². The molecule has 13 heavy (non-hydrogen) atoms. The van der Waals surface area contributed by atoms with Gasteiger partial charge in [-0.25, -0.2) is 0 Å². The summed E-state index contributed by atoms with van der Waals surface area (Å²) >= 11 is 0. The molecule has 1 aliphatic carbocycles. The highest BCUT2D eigenvalue weighted by Crippen LogP contribution is 2.33. The van der Waals surface area contributed by atoms with Crippen LogP contribution in [0.2, 0.25) is 0 Å². The quantitative estimate of drug-likeness (QED) is 0.660. The Morgan fingerprint density at radius 3 is 3.00 bits per heavy atom. The number of aromatic nitrogens is 1. The molecule has 0 unspecified atom stereocenters. The Morgan fingerprint density at radius 1 is 1.62 bits per heavy atom. The molecule has 0 saturated heterocycles. The molecule has 1 aromatic rings. The Balaban J connectivity index is 2.13. The van der Waals surface area contributed by atoms with Crippen LogP contribution in [0, 0.1) is 12.8 Å². The predicted octanol–water partition coefficient (Wildman–Crippen LogP) is 2.37. The molecule has 2 nitrogen and oxygen atoms in total. The third-order valence-electron chi connectivity index (χ3n) is 2.51. The number of aryl methyl sites for hydroxylation is 1. The summed E-state index contributed by atoms with van der Waals surface area (Å²) in [6.45, 7) is 1.96. The van der Waals surface area contributed by atoms with E-state index in [-0.39, 0.29) is 5.78 Å². The summed E-state index contributed by atoms with van der Waals surface area (Å²) in [5.74, 6) is 0.917. The Morgan fingerprint density at radius 2 is 2.38 bits per heavy atom. The first-order valence-corrected chi connectivity index (χ1v) is 4.71. The fourth-order valence-corrected chi connectivity index (χ4v) is 1.45. The van der Waals surface area contributed by atoms with Crippen molar-refractivity contribution < 1.29 is 4.79 Å². The molecule has 1 heterocycles. The Labute approximate surface area is 78.0 Å². The summed E-state index contributed by atoms with van der Waals surface area (Å²) < 4.78 is 0. The van der Waals surface area contributed by atoms with Gasteiger partial charge in [-0.15, -0.1) is 0 Å². The number of hydrogen-bond acceptors (Lipinski definition) is 2. The van der Waals surface area contributed by atoms with Gasteiger partial charge in [0.25, 0.3) is 0 Å². The van der Waals surface area contributed by atoms with E-state index in [9.17, 15) is 4.79 Å². The summed E-state index contributed by atoms with van der Waals surface area (Å²) in [6.07, 6.45) is 6.58. The molecule has 0 aliphatic heterocycles. The van der Waals surface area contributed by atoms with E-state index in [1.54, 1.807) is 12.4 Å². The lowest BCUT2D eigenvalue weighted by Gasteiger charge is -2.01. The molecule has 2 rings (SSSR count). The molecule has 0 amide bonds. The van der Waals surface area contributed by atoms with Crippen molar-refractivity contribution in [1.29, 1.82) is 0 Å². The van der Waals surface area contributed by atoms with Crippen LogP contribution in [0.4, 0.5) is 0 Å². The maximum absolute atomic E-state index is 11.7. The second kappa shape index (κ2) is 3.29. The van der Waals surface area contributed by atoms with Gasteiger partial charge in [0, 0.05) is 24.4 Å². The van der Waals surface area contributed by atoms with Crippen LogP contribution in [0.15, 0.2) is 18.5 Å². The van der Waals surface area contributed by atoms with Crippen LogP contribution < -0.4 is 0 Å². The third-order valence-corrected chi connectivity index (χ3v) is 2.51. The number of carbonyl (C=O) groups excluding carboxylic acids is 1. The summed E-state index contributed by atoms with van der Waals surface area (Å²) in [5.41, 5.74) is 1.84. The van der Waals surface area contributed by atoms with Crippen molar-refractivity contribution in [2.45, 2.75) is 26.2 Å². The number of hydrogen-bond donors (Lipinski definition) is 0. The molecule has 0 aromatic carbocycles. The summed E-state index contributed by atoms with van der Waals surface area (Å²) in [5, 5.41) is 0. The van der Waals surface area contributed by atoms with E-state index in [4.69, 9.17) is 0 Å². The largest absolute Gasteiger partial charge is 0.294 e. The normalized spacial score (nSPS) is 15.8. The van der Waals surface area contributed by atoms with Gasteiger partial charge in [0.1, 0.15) is 0 Å². The average molecular weight is 175 g/mol. The SMILES string of the molecule is Cc1ccncc1C(=O)CC1CC1. The van der Waals surface area contributed by atoms with Gasteiger partial charge < -0.3 is 0 Å². The van der Waals surface area contributed by atoms with Crippen molar-refractivity contribution in [2.24, 2.45) is 5.92 Å². The van der Waals surface area contributed by atoms with E-state index < -0.39 is 0 Å². The van der Waals surface area contributed by atoms with Crippen molar-refractivity contribution in [3.05, 3.63) is 29.6 Å². The molecule has 0 spiro atoms. The topological polar surface area (TPSA) is 30.0 Å². The lowest BCUT2D eigenvalue weighted by atomic mass is 10.0. The molecule has 0 N–H and O–H groups in total. The first-order chi connectivity index (χ1) is 6.27. The van der Waals surface area contributed by atoms with Crippen molar-refractivity contribution in [3.8, 4) is 0 Å². The van der Waals surface area contributed by atoms with Crippen molar-refractivity contribution in [3.63, 3.8) is 0 Å². The standard InChI is InChI=1S/C11H13NO/c1-8-4-5-12-7-10(8)11(13)6-9-2-3-9/h4-5,7,9H,2-3,6H2,1H3. The van der Waals surface area contributed by atoms with Crippen LogP contribution in [-0.2, 0) is 0 Å². The van der Waals surface area contributed by atoms with E-state index in [0.717, 1.165) is 11.1 Å². The second-order valence-corrected chi connectivity index (χ2v) is 3.76. The summed E-state index contributed by atoms with van der Waals surface area (Å²) in [6, 6.07) is 1.89. The molecule has 0 radical (unpaired) electrons. The minimum atomic E-state index is 0.258. The number of ketones is 1. The van der Waals surface area contributed by atoms with Gasteiger partial charge in [0.15, 0.2) is 5.78 Å². The molecule has 1 aromatic heterocycles. The van der Waals surface area contributed by atoms with Crippen molar-refractivity contribution in [2.75, 3.05) is 0 Å². The van der Waals surface area contributed by atoms with E-state index in [1.807, 2.05) is 13.0 Å². The first-order valence-electron chi connectivity index (χ1n) is 4.71. The van der Waals surface area contributed by atoms with Crippen LogP contribution in [0.1, 0.15) is 35.2 Å². The number of nitrogens with zero attached hydrogens (tertiary/aromatic N) is 1. The molecular weight excluding hydrogens is 162 g/mol. The number of carbonyl (C=O) groups is 1. The van der Waals surface area contributed by atoms with Crippen LogP contribution in [-0.4, -0.2) is 10.8 Å². The van der Waals surface area contributed by atoms with E-state index in [2.05, 4.69) is 4.98 Å². The molecule has 1 saturated carbocycles. The highest BCUT2D eigenvalue weighted by molar-refractivity contribution is 5.97. The molecular formula is C11H13NO. The van der Waals surface area contributed by atoms with Gasteiger partial charge in [-0.05, 0) is 37.3 Å². The maximum Gasteiger partial charge on any atom is 0.164 e. The summed E-state index contributed by atoms with van der Waals surface area (Å²) in [7, 11) is 0. The zero-order valence-electron chi connectivity index (χ0n) is 7.79. The van der Waals surface area contributed by atoms with Crippen LogP contribution >= 0.6 is 0 Å². The number of Topliss-reactive ketones (excluding diaryl/α,β-unsaturated/α-hetero) is 1. The molecule has 1 fully saturated rings. The van der Waals surface area contributed by atoms with Gasteiger partial charge >= 0.3 is 0 Å². The van der Waals surface area contributed by atoms with Crippen LogP contribution in [0.3, 0.4) is 0 Å². The van der Waals surface area contributed by atoms with Crippen LogP contribution in [0.5, 0.6) is 0 Å². The molecule has 0 bridgehead atoms. The minimum absolute atomic E-state index is 0.258. The average Bonchev–Trinajstić information content (AvgIpc) is 2.89. The van der Waals surface area contributed by atoms with Gasteiger partial charge in [-0.3, -0.25) is 9.78 Å². The lowest BCUT2D eigenvalue weighted by Crippen LogP contribution is -2.02. The highest BCUT2D eigenvalue weighted by atomic mass is 16.1. The fourth-order valence-electron chi connectivity index (χ4n) is 1.45. The van der Waals surface area contributed by atoms with E-state index in [0.29, 0.717) is 12.3 Å². The Hall–Kier alpha value is -1.18. The molecule has 68 valence electrons. The Kier molecular flexibility index (Phi) is 2.13. The van der Waals surface area contributed by atoms with E-state index >= 15 is 0 Å². The van der Waals surface area contributed by atoms with E-state index in [1.165, 1.54) is 12.8 Å². The molecule has 0 atom stereocenters. The summed E-state index contributed by atoms with van der Waals surface area (Å²) in [4.78, 5) is 15.6. The van der Waals surface area contributed by atoms with Crippen molar-refractivity contribution >= 4 is 5.78 Å². The van der Waals surface area contributed by atoms with Gasteiger partial charge in [-0.1, -0.05) is 0 Å². The Bertz CT molecular complexity index is 329. The highest BCUT2D eigenvalue weighted by Gasteiger charge is 2.25. The first kappa shape index (κ1) is 8.42. The predicted molar refractivity (Wildman–Crippen MR) is 50.6 cm³/mol. The fraction of sp³-hybridized carbons (Fsp3) is 0.455. The number of pyridine rings is 1. The second-order valence-electron chi connectivity index (χ2n) is 3.76. The maximum atomic E-state index is 11.7.